The van der Waals surface area contributed by atoms with Crippen molar-refractivity contribution < 1.29 is 22.0 Å². The van der Waals surface area contributed by atoms with Crippen molar-refractivity contribution in [1.29, 1.82) is 0 Å². The summed E-state index contributed by atoms with van der Waals surface area (Å²) in [5.41, 5.74) is 0.866. The van der Waals surface area contributed by atoms with Gasteiger partial charge in [0.1, 0.15) is 17.5 Å². The van der Waals surface area contributed by atoms with Crippen LogP contribution in [0.15, 0.2) is 60.7 Å². The van der Waals surface area contributed by atoms with Crippen molar-refractivity contribution in [3.05, 3.63) is 106 Å². The third-order valence-electron chi connectivity index (χ3n) is 5.02. The Morgan fingerprint density at radius 3 is 2.10 bits per heavy atom. The maximum atomic E-state index is 14.7. The second kappa shape index (κ2) is 8.23. The molecule has 5 heteroatoms. The van der Waals surface area contributed by atoms with E-state index in [-0.39, 0.29) is 27.6 Å². The molecule has 154 valence electrons. The van der Waals surface area contributed by atoms with Gasteiger partial charge in [0, 0.05) is 10.9 Å². The summed E-state index contributed by atoms with van der Waals surface area (Å²) in [7, 11) is 0. The first-order valence-electron chi connectivity index (χ1n) is 9.55. The minimum Gasteiger partial charge on any atom is -0.206 e. The normalized spacial score (nSPS) is 10.8. The number of halogens is 5. The molecule has 0 aliphatic carbocycles. The maximum Gasteiger partial charge on any atom is 0.166 e. The van der Waals surface area contributed by atoms with Crippen LogP contribution in [0.3, 0.4) is 0 Å². The third kappa shape index (κ3) is 4.02. The summed E-state index contributed by atoms with van der Waals surface area (Å²) < 4.78 is 70.8. The van der Waals surface area contributed by atoms with Crippen molar-refractivity contribution in [2.45, 2.75) is 13.3 Å². The van der Waals surface area contributed by atoms with Crippen LogP contribution < -0.4 is 0 Å². The molecule has 0 N–H and O–H groups in total. The number of fused-ring (bicyclic) bond motifs is 1. The standard InChI is InChI=1S/C26H15F5/c1-2-15-3-5-17(22(28)11-15)6-4-16-12-23(29)25(24(30)13-16)19-7-9-20-18(14-19)8-10-21(27)26(20)31/h3,5,7-14H,2H2,1H3. The monoisotopic (exact) mass is 422 g/mol. The van der Waals surface area contributed by atoms with Crippen molar-refractivity contribution in [2.75, 3.05) is 0 Å². The molecule has 0 spiro atoms. The van der Waals surface area contributed by atoms with Gasteiger partial charge in [-0.25, -0.2) is 22.0 Å². The molecule has 0 bridgehead atoms. The molecule has 0 nitrogen and oxygen atoms in total. The van der Waals surface area contributed by atoms with E-state index < -0.39 is 29.1 Å². The fourth-order valence-corrected chi connectivity index (χ4v) is 3.36. The molecule has 0 aromatic heterocycles. The first-order valence-corrected chi connectivity index (χ1v) is 9.55. The molecule has 0 radical (unpaired) electrons. The second-order valence-electron chi connectivity index (χ2n) is 7.03. The van der Waals surface area contributed by atoms with Crippen molar-refractivity contribution >= 4 is 10.8 Å². The predicted molar refractivity (Wildman–Crippen MR) is 111 cm³/mol. The Morgan fingerprint density at radius 2 is 1.42 bits per heavy atom. The van der Waals surface area contributed by atoms with Crippen LogP contribution in [0.1, 0.15) is 23.6 Å². The summed E-state index contributed by atoms with van der Waals surface area (Å²) in [5, 5.41) is 0.327. The first-order chi connectivity index (χ1) is 14.9. The molecule has 0 unspecified atom stereocenters. The quantitative estimate of drug-likeness (QED) is 0.237. The van der Waals surface area contributed by atoms with Gasteiger partial charge < -0.3 is 0 Å². The van der Waals surface area contributed by atoms with E-state index in [1.54, 1.807) is 6.07 Å². The Labute approximate surface area is 176 Å². The van der Waals surface area contributed by atoms with Crippen molar-refractivity contribution in [1.82, 2.24) is 0 Å². The van der Waals surface area contributed by atoms with E-state index in [9.17, 15) is 22.0 Å². The van der Waals surface area contributed by atoms with Crippen LogP contribution in [-0.2, 0) is 6.42 Å². The minimum atomic E-state index is -1.02. The topological polar surface area (TPSA) is 0 Å². The van der Waals surface area contributed by atoms with Gasteiger partial charge in [0.2, 0.25) is 0 Å². The van der Waals surface area contributed by atoms with Gasteiger partial charge >= 0.3 is 0 Å². The summed E-state index contributed by atoms with van der Waals surface area (Å²) in [5.74, 6) is 0.927. The molecule has 0 amide bonds. The molecule has 0 saturated carbocycles. The van der Waals surface area contributed by atoms with Gasteiger partial charge in [-0.05, 0) is 59.3 Å². The smallest absolute Gasteiger partial charge is 0.166 e. The molecule has 0 saturated heterocycles. The zero-order chi connectivity index (χ0) is 22.1. The van der Waals surface area contributed by atoms with Crippen LogP contribution in [-0.4, -0.2) is 0 Å². The molecule has 0 fully saturated rings. The second-order valence-corrected chi connectivity index (χ2v) is 7.03. The van der Waals surface area contributed by atoms with Crippen LogP contribution in [0.2, 0.25) is 0 Å². The molecule has 0 aliphatic heterocycles. The highest BCUT2D eigenvalue weighted by Gasteiger charge is 2.15. The molecular formula is C26H15F5. The molecule has 4 aromatic rings. The zero-order valence-corrected chi connectivity index (χ0v) is 16.4. The Balaban J connectivity index is 1.72. The van der Waals surface area contributed by atoms with E-state index in [4.69, 9.17) is 0 Å². The van der Waals surface area contributed by atoms with Gasteiger partial charge in [-0.2, -0.15) is 0 Å². The van der Waals surface area contributed by atoms with Crippen LogP contribution in [0.4, 0.5) is 22.0 Å². The highest BCUT2D eigenvalue weighted by Crippen LogP contribution is 2.31. The van der Waals surface area contributed by atoms with Gasteiger partial charge in [0.05, 0.1) is 11.1 Å². The van der Waals surface area contributed by atoms with E-state index in [1.807, 2.05) is 6.92 Å². The molecule has 4 aromatic carbocycles. The van der Waals surface area contributed by atoms with Crippen molar-refractivity contribution in [3.8, 4) is 23.0 Å². The Morgan fingerprint density at radius 1 is 0.677 bits per heavy atom. The molecule has 0 atom stereocenters. The molecule has 0 aliphatic rings. The van der Waals surface area contributed by atoms with E-state index in [0.717, 1.165) is 23.8 Å². The van der Waals surface area contributed by atoms with Crippen LogP contribution in [0.25, 0.3) is 21.9 Å². The van der Waals surface area contributed by atoms with Crippen LogP contribution >= 0.6 is 0 Å². The van der Waals surface area contributed by atoms with Gasteiger partial charge in [-0.3, -0.25) is 0 Å². The Kier molecular flexibility index (Phi) is 5.48. The van der Waals surface area contributed by atoms with Crippen LogP contribution in [0.5, 0.6) is 0 Å². The van der Waals surface area contributed by atoms with E-state index in [1.165, 1.54) is 36.4 Å². The zero-order valence-electron chi connectivity index (χ0n) is 16.4. The SMILES string of the molecule is CCc1ccc(C#Cc2cc(F)c(-c3ccc4c(F)c(F)ccc4c3)c(F)c2)c(F)c1. The number of rotatable bonds is 2. The average molecular weight is 422 g/mol. The van der Waals surface area contributed by atoms with Gasteiger partial charge in [0.15, 0.2) is 11.6 Å². The summed E-state index contributed by atoms with van der Waals surface area (Å²) in [6.45, 7) is 1.90. The summed E-state index contributed by atoms with van der Waals surface area (Å²) in [6.07, 6.45) is 0.679. The largest absolute Gasteiger partial charge is 0.206 e. The van der Waals surface area contributed by atoms with Gasteiger partial charge in [-0.15, -0.1) is 0 Å². The molecule has 0 heterocycles. The minimum absolute atomic E-state index is 0.0168. The summed E-state index contributed by atoms with van der Waals surface area (Å²) in [4.78, 5) is 0. The Bertz CT molecular complexity index is 1350. The maximum absolute atomic E-state index is 14.7. The van der Waals surface area contributed by atoms with Crippen molar-refractivity contribution in [2.24, 2.45) is 0 Å². The molecular weight excluding hydrogens is 407 g/mol. The number of hydrogen-bond donors (Lipinski definition) is 0. The lowest BCUT2D eigenvalue weighted by molar-refractivity contribution is 0.517. The molecule has 31 heavy (non-hydrogen) atoms. The average Bonchev–Trinajstić information content (AvgIpc) is 2.75. The predicted octanol–water partition coefficient (Wildman–Crippen LogP) is 7.16. The molecule has 4 rings (SSSR count). The lowest BCUT2D eigenvalue weighted by Gasteiger charge is -2.08. The first kappa shape index (κ1) is 20.6. The highest BCUT2D eigenvalue weighted by atomic mass is 19.2. The van der Waals surface area contributed by atoms with E-state index >= 15 is 0 Å². The van der Waals surface area contributed by atoms with Crippen molar-refractivity contribution in [3.63, 3.8) is 0 Å². The summed E-state index contributed by atoms with van der Waals surface area (Å²) in [6, 6.07) is 13.0. The fraction of sp³-hybridized carbons (Fsp3) is 0.0769. The fourth-order valence-electron chi connectivity index (χ4n) is 3.36. The van der Waals surface area contributed by atoms with Gasteiger partial charge in [-0.1, -0.05) is 43.0 Å². The lowest BCUT2D eigenvalue weighted by Crippen LogP contribution is -1.94. The number of aryl methyl sites for hydroxylation is 1. The third-order valence-corrected chi connectivity index (χ3v) is 5.02. The summed E-state index contributed by atoms with van der Waals surface area (Å²) >= 11 is 0. The lowest BCUT2D eigenvalue weighted by atomic mass is 9.98. The van der Waals surface area contributed by atoms with Gasteiger partial charge in [0.25, 0.3) is 0 Å². The van der Waals surface area contributed by atoms with E-state index in [0.29, 0.717) is 11.8 Å². The van der Waals surface area contributed by atoms with Crippen LogP contribution in [0, 0.1) is 40.9 Å². The van der Waals surface area contributed by atoms with E-state index in [2.05, 4.69) is 11.8 Å². The number of benzene rings is 4. The Hall–Kier alpha value is -3.65. The highest BCUT2D eigenvalue weighted by molar-refractivity contribution is 5.88. The number of hydrogen-bond acceptors (Lipinski definition) is 0.